The number of nitrogens with zero attached hydrogens (tertiary/aromatic N) is 4. The Kier molecular flexibility index (Phi) is 6.33. The molecule has 0 N–H and O–H groups in total. The van der Waals surface area contributed by atoms with Crippen molar-refractivity contribution in [1.29, 1.82) is 0 Å². The molecule has 0 radical (unpaired) electrons. The molecule has 1 aromatic heterocycles. The van der Waals surface area contributed by atoms with Crippen LogP contribution in [0, 0.1) is 5.92 Å². The lowest BCUT2D eigenvalue weighted by atomic mass is 9.96. The molecule has 1 aliphatic heterocycles. The molecular weight excluding hydrogens is 372 g/mol. The van der Waals surface area contributed by atoms with Gasteiger partial charge in [0.15, 0.2) is 0 Å². The van der Waals surface area contributed by atoms with Crippen LogP contribution in [-0.4, -0.2) is 42.5 Å². The maximum atomic E-state index is 13.1. The molecule has 0 bridgehead atoms. The van der Waals surface area contributed by atoms with E-state index in [0.29, 0.717) is 29.4 Å². The third-order valence-electron chi connectivity index (χ3n) is 4.54. The second kappa shape index (κ2) is 9.09. The SMILES string of the molecule is COC(=O)CC1=NN(c2ccc(OC)cc2)C(=O)C1C(C)=NCc1cccnc1. The Morgan fingerprint density at radius 3 is 2.59 bits per heavy atom. The van der Waals surface area contributed by atoms with Crippen molar-refractivity contribution in [2.45, 2.75) is 19.9 Å². The topological polar surface area (TPSA) is 93.4 Å². The van der Waals surface area contributed by atoms with Crippen LogP contribution in [0.5, 0.6) is 5.75 Å². The fraction of sp³-hybridized carbons (Fsp3) is 0.286. The Balaban J connectivity index is 1.88. The largest absolute Gasteiger partial charge is 0.497 e. The summed E-state index contributed by atoms with van der Waals surface area (Å²) in [6, 6.07) is 10.7. The van der Waals surface area contributed by atoms with E-state index in [1.807, 2.05) is 12.1 Å². The fourth-order valence-electron chi connectivity index (χ4n) is 2.98. The number of carbonyl (C=O) groups excluding carboxylic acids is 2. The van der Waals surface area contributed by atoms with Crippen LogP contribution in [0.25, 0.3) is 0 Å². The predicted octanol–water partition coefficient (Wildman–Crippen LogP) is 2.63. The van der Waals surface area contributed by atoms with Crippen LogP contribution < -0.4 is 9.75 Å². The monoisotopic (exact) mass is 394 g/mol. The summed E-state index contributed by atoms with van der Waals surface area (Å²) in [5.41, 5.74) is 2.50. The summed E-state index contributed by atoms with van der Waals surface area (Å²) in [6.07, 6.45) is 3.33. The van der Waals surface area contributed by atoms with E-state index in [9.17, 15) is 9.59 Å². The van der Waals surface area contributed by atoms with Gasteiger partial charge in [-0.2, -0.15) is 10.1 Å². The maximum Gasteiger partial charge on any atom is 0.311 e. The molecule has 3 rings (SSSR count). The molecule has 0 saturated heterocycles. The van der Waals surface area contributed by atoms with Gasteiger partial charge in [-0.15, -0.1) is 0 Å². The van der Waals surface area contributed by atoms with Gasteiger partial charge < -0.3 is 9.47 Å². The second-order valence-corrected chi connectivity index (χ2v) is 6.44. The average Bonchev–Trinajstić information content (AvgIpc) is 3.08. The Hall–Kier alpha value is -3.55. The van der Waals surface area contributed by atoms with Gasteiger partial charge >= 0.3 is 5.97 Å². The number of methoxy groups -OCH3 is 2. The van der Waals surface area contributed by atoms with Gasteiger partial charge in [0.1, 0.15) is 11.7 Å². The van der Waals surface area contributed by atoms with Crippen LogP contribution in [0.3, 0.4) is 0 Å². The molecule has 1 aromatic carbocycles. The first-order chi connectivity index (χ1) is 14.0. The molecule has 2 heterocycles. The summed E-state index contributed by atoms with van der Waals surface area (Å²) >= 11 is 0. The smallest absolute Gasteiger partial charge is 0.311 e. The van der Waals surface area contributed by atoms with Gasteiger partial charge in [0.05, 0.1) is 38.6 Å². The van der Waals surface area contributed by atoms with E-state index in [1.165, 1.54) is 12.1 Å². The zero-order chi connectivity index (χ0) is 20.8. The number of amides is 1. The van der Waals surface area contributed by atoms with E-state index in [0.717, 1.165) is 5.56 Å². The highest BCUT2D eigenvalue weighted by molar-refractivity contribution is 6.30. The lowest BCUT2D eigenvalue weighted by Gasteiger charge is -2.15. The van der Waals surface area contributed by atoms with Crippen molar-refractivity contribution in [1.82, 2.24) is 4.98 Å². The number of benzene rings is 1. The molecule has 150 valence electrons. The molecule has 0 saturated carbocycles. The summed E-state index contributed by atoms with van der Waals surface area (Å²) < 4.78 is 9.92. The Bertz CT molecular complexity index is 939. The number of aromatic nitrogens is 1. The molecule has 8 heteroatoms. The summed E-state index contributed by atoms with van der Waals surface area (Å²) in [6.45, 7) is 2.15. The first kappa shape index (κ1) is 20.2. The first-order valence-electron chi connectivity index (χ1n) is 9.05. The number of aliphatic imine (C=N–C) groups is 1. The lowest BCUT2D eigenvalue weighted by Crippen LogP contribution is -2.33. The van der Waals surface area contributed by atoms with E-state index in [-0.39, 0.29) is 12.3 Å². The van der Waals surface area contributed by atoms with Crippen molar-refractivity contribution >= 4 is 29.0 Å². The van der Waals surface area contributed by atoms with Crippen LogP contribution in [0.2, 0.25) is 0 Å². The van der Waals surface area contributed by atoms with Crippen molar-refractivity contribution in [3.63, 3.8) is 0 Å². The molecule has 0 spiro atoms. The molecule has 1 aliphatic rings. The van der Waals surface area contributed by atoms with Crippen LogP contribution in [-0.2, 0) is 20.9 Å². The summed E-state index contributed by atoms with van der Waals surface area (Å²) in [7, 11) is 2.88. The second-order valence-electron chi connectivity index (χ2n) is 6.44. The normalized spacial score (nSPS) is 16.6. The minimum Gasteiger partial charge on any atom is -0.497 e. The molecule has 8 nitrogen and oxygen atoms in total. The summed E-state index contributed by atoms with van der Waals surface area (Å²) in [5, 5.41) is 5.70. The molecule has 2 aromatic rings. The average molecular weight is 394 g/mol. The molecule has 1 unspecified atom stereocenters. The number of carbonyl (C=O) groups is 2. The lowest BCUT2D eigenvalue weighted by molar-refractivity contribution is -0.139. The highest BCUT2D eigenvalue weighted by atomic mass is 16.5. The third kappa shape index (κ3) is 4.66. The number of hydrazone groups is 1. The number of esters is 1. The zero-order valence-electron chi connectivity index (χ0n) is 16.5. The van der Waals surface area contributed by atoms with E-state index >= 15 is 0 Å². The Morgan fingerprint density at radius 1 is 1.21 bits per heavy atom. The number of pyridine rings is 1. The number of rotatable bonds is 7. The van der Waals surface area contributed by atoms with Gasteiger partial charge in [-0.3, -0.25) is 19.6 Å². The maximum absolute atomic E-state index is 13.1. The molecule has 0 aliphatic carbocycles. The highest BCUT2D eigenvalue weighted by Gasteiger charge is 2.39. The van der Waals surface area contributed by atoms with E-state index in [4.69, 9.17) is 9.47 Å². The molecular formula is C21H22N4O4. The van der Waals surface area contributed by atoms with Crippen molar-refractivity contribution in [3.05, 3.63) is 54.4 Å². The Morgan fingerprint density at radius 2 is 1.97 bits per heavy atom. The molecule has 0 fully saturated rings. The number of ether oxygens (including phenoxy) is 2. The molecule has 1 amide bonds. The van der Waals surface area contributed by atoms with Crippen LogP contribution in [0.4, 0.5) is 5.69 Å². The van der Waals surface area contributed by atoms with E-state index in [2.05, 4.69) is 15.1 Å². The van der Waals surface area contributed by atoms with Crippen LogP contribution in [0.15, 0.2) is 58.9 Å². The molecule has 1 atom stereocenters. The van der Waals surface area contributed by atoms with Gasteiger partial charge in [-0.1, -0.05) is 6.07 Å². The van der Waals surface area contributed by atoms with Gasteiger partial charge in [-0.05, 0) is 42.8 Å². The van der Waals surface area contributed by atoms with Gasteiger partial charge in [-0.25, -0.2) is 0 Å². The third-order valence-corrected chi connectivity index (χ3v) is 4.54. The van der Waals surface area contributed by atoms with E-state index in [1.54, 1.807) is 50.7 Å². The summed E-state index contributed by atoms with van der Waals surface area (Å²) in [4.78, 5) is 33.6. The van der Waals surface area contributed by atoms with Crippen LogP contribution in [0.1, 0.15) is 18.9 Å². The van der Waals surface area contributed by atoms with Crippen molar-refractivity contribution in [3.8, 4) is 5.75 Å². The van der Waals surface area contributed by atoms with Crippen molar-refractivity contribution < 1.29 is 19.1 Å². The zero-order valence-corrected chi connectivity index (χ0v) is 16.5. The Labute approximate surface area is 168 Å². The standard InChI is InChI=1S/C21H22N4O4/c1-14(23-13-15-5-4-10-22-12-15)20-18(11-19(26)29-3)24-25(21(20)27)16-6-8-17(28-2)9-7-16/h4-10,12,20H,11,13H2,1-3H3. The summed E-state index contributed by atoms with van der Waals surface area (Å²) in [5.74, 6) is -0.766. The van der Waals surface area contributed by atoms with Gasteiger partial charge in [0.2, 0.25) is 0 Å². The highest BCUT2D eigenvalue weighted by Crippen LogP contribution is 2.28. The number of hydrogen-bond acceptors (Lipinski definition) is 7. The van der Waals surface area contributed by atoms with Crippen molar-refractivity contribution in [2.75, 3.05) is 19.2 Å². The quantitative estimate of drug-likeness (QED) is 0.532. The van der Waals surface area contributed by atoms with E-state index < -0.39 is 11.9 Å². The van der Waals surface area contributed by atoms with Crippen molar-refractivity contribution in [2.24, 2.45) is 16.0 Å². The predicted molar refractivity (Wildman–Crippen MR) is 109 cm³/mol. The first-order valence-corrected chi connectivity index (χ1v) is 9.05. The number of hydrogen-bond donors (Lipinski definition) is 0. The minimum atomic E-state index is -0.715. The fourth-order valence-corrected chi connectivity index (χ4v) is 2.98. The number of anilines is 1. The minimum absolute atomic E-state index is 0.0840. The van der Waals surface area contributed by atoms with Gasteiger partial charge in [0, 0.05) is 18.1 Å². The van der Waals surface area contributed by atoms with Gasteiger partial charge in [0.25, 0.3) is 5.91 Å². The van der Waals surface area contributed by atoms with Crippen LogP contribution >= 0.6 is 0 Å². The molecule has 29 heavy (non-hydrogen) atoms.